The second-order valence-corrected chi connectivity index (χ2v) is 4.21. The molecule has 0 aliphatic rings. The Balaban J connectivity index is 2.27. The topological polar surface area (TPSA) is 108 Å². The number of hydrogen-bond acceptors (Lipinski definition) is 4. The van der Waals surface area contributed by atoms with Crippen molar-refractivity contribution in [2.45, 2.75) is 0 Å². The Bertz CT molecular complexity index is 761. The van der Waals surface area contributed by atoms with Crippen LogP contribution in [-0.2, 0) is 7.05 Å². The largest absolute Gasteiger partial charge is 0.397 e. The van der Waals surface area contributed by atoms with E-state index >= 15 is 0 Å². The Labute approximate surface area is 115 Å². The van der Waals surface area contributed by atoms with E-state index < -0.39 is 0 Å². The highest BCUT2D eigenvalue weighted by Crippen LogP contribution is 2.16. The molecule has 6 heteroatoms. The predicted molar refractivity (Wildman–Crippen MR) is 73.7 cm³/mol. The molecule has 0 aliphatic carbocycles. The summed E-state index contributed by atoms with van der Waals surface area (Å²) in [6.07, 6.45) is 1.63. The first-order chi connectivity index (χ1) is 9.55. The molecule has 98 valence electrons. The number of anilines is 2. The molecule has 1 heterocycles. The third-order valence-corrected chi connectivity index (χ3v) is 2.78. The van der Waals surface area contributed by atoms with E-state index in [9.17, 15) is 4.79 Å². The minimum absolute atomic E-state index is 0.219. The zero-order valence-electron chi connectivity index (χ0n) is 10.7. The summed E-state index contributed by atoms with van der Waals surface area (Å²) in [7, 11) is 1.71. The molecule has 1 amide bonds. The van der Waals surface area contributed by atoms with Crippen LogP contribution in [0.4, 0.5) is 11.4 Å². The van der Waals surface area contributed by atoms with E-state index in [-0.39, 0.29) is 17.0 Å². The zero-order chi connectivity index (χ0) is 14.7. The molecule has 1 aromatic heterocycles. The molecule has 0 atom stereocenters. The molecular weight excluding hydrogens is 254 g/mol. The van der Waals surface area contributed by atoms with Gasteiger partial charge in [0.25, 0.3) is 5.91 Å². The Kier molecular flexibility index (Phi) is 3.41. The van der Waals surface area contributed by atoms with E-state index in [0.717, 1.165) is 0 Å². The number of rotatable bonds is 2. The van der Waals surface area contributed by atoms with Gasteiger partial charge in [0.2, 0.25) is 0 Å². The van der Waals surface area contributed by atoms with Gasteiger partial charge in [-0.15, -0.1) is 0 Å². The maximum Gasteiger partial charge on any atom is 0.272 e. The second-order valence-electron chi connectivity index (χ2n) is 4.21. The molecule has 6 nitrogen and oxygen atoms in total. The average molecular weight is 265 g/mol. The van der Waals surface area contributed by atoms with Crippen LogP contribution in [0.25, 0.3) is 0 Å². The van der Waals surface area contributed by atoms with Gasteiger partial charge in [-0.1, -0.05) is 0 Å². The number of carbonyl (C=O) groups is 1. The first kappa shape index (κ1) is 13.2. The van der Waals surface area contributed by atoms with Gasteiger partial charge in [0.05, 0.1) is 16.8 Å². The molecule has 2 aromatic rings. The summed E-state index contributed by atoms with van der Waals surface area (Å²) in [5, 5.41) is 20.4. The maximum atomic E-state index is 12.1. The third kappa shape index (κ3) is 2.45. The highest BCUT2D eigenvalue weighted by Gasteiger charge is 2.12. The lowest BCUT2D eigenvalue weighted by Crippen LogP contribution is -2.15. The van der Waals surface area contributed by atoms with Crippen molar-refractivity contribution in [3.8, 4) is 12.1 Å². The van der Waals surface area contributed by atoms with Crippen molar-refractivity contribution in [3.63, 3.8) is 0 Å². The third-order valence-electron chi connectivity index (χ3n) is 2.78. The van der Waals surface area contributed by atoms with Crippen LogP contribution in [-0.4, -0.2) is 10.5 Å². The highest BCUT2D eigenvalue weighted by molar-refractivity contribution is 6.03. The summed E-state index contributed by atoms with van der Waals surface area (Å²) in [5.74, 6) is -0.335. The normalized spacial score (nSPS) is 9.55. The van der Waals surface area contributed by atoms with Gasteiger partial charge >= 0.3 is 0 Å². The Morgan fingerprint density at radius 2 is 1.95 bits per heavy atom. The fraction of sp³-hybridized carbons (Fsp3) is 0.0714. The van der Waals surface area contributed by atoms with Crippen molar-refractivity contribution in [1.82, 2.24) is 4.57 Å². The van der Waals surface area contributed by atoms with Crippen LogP contribution in [0.3, 0.4) is 0 Å². The van der Waals surface area contributed by atoms with Gasteiger partial charge in [-0.25, -0.2) is 0 Å². The smallest absolute Gasteiger partial charge is 0.272 e. The van der Waals surface area contributed by atoms with Crippen molar-refractivity contribution in [1.29, 1.82) is 10.5 Å². The van der Waals surface area contributed by atoms with Gasteiger partial charge in [-0.3, -0.25) is 4.79 Å². The van der Waals surface area contributed by atoms with Gasteiger partial charge in [0.15, 0.2) is 0 Å². The SMILES string of the molecule is Cn1cc(N)cc1C(=O)Nc1ccc(C#N)c(C#N)c1. The summed E-state index contributed by atoms with van der Waals surface area (Å²) in [6.45, 7) is 0. The van der Waals surface area contributed by atoms with Crippen LogP contribution >= 0.6 is 0 Å². The molecule has 20 heavy (non-hydrogen) atoms. The summed E-state index contributed by atoms with van der Waals surface area (Å²) in [5.41, 5.74) is 7.46. The minimum Gasteiger partial charge on any atom is -0.397 e. The highest BCUT2D eigenvalue weighted by atomic mass is 16.1. The van der Waals surface area contributed by atoms with Crippen LogP contribution in [0.1, 0.15) is 21.6 Å². The molecule has 0 saturated heterocycles. The van der Waals surface area contributed by atoms with Gasteiger partial charge in [-0.2, -0.15) is 10.5 Å². The van der Waals surface area contributed by atoms with Crippen molar-refractivity contribution < 1.29 is 4.79 Å². The van der Waals surface area contributed by atoms with Crippen molar-refractivity contribution in [2.24, 2.45) is 7.05 Å². The lowest BCUT2D eigenvalue weighted by atomic mass is 10.1. The molecule has 0 fully saturated rings. The number of hydrogen-bond donors (Lipinski definition) is 2. The lowest BCUT2D eigenvalue weighted by Gasteiger charge is -2.06. The Morgan fingerprint density at radius 1 is 1.25 bits per heavy atom. The van der Waals surface area contributed by atoms with E-state index in [2.05, 4.69) is 5.32 Å². The van der Waals surface area contributed by atoms with Gasteiger partial charge in [0.1, 0.15) is 17.8 Å². The number of nitrogens with zero attached hydrogens (tertiary/aromatic N) is 3. The summed E-state index contributed by atoms with van der Waals surface area (Å²) >= 11 is 0. The Hall–Kier alpha value is -3.25. The number of aromatic nitrogens is 1. The molecular formula is C14H11N5O. The molecule has 0 saturated carbocycles. The van der Waals surface area contributed by atoms with Crippen LogP contribution in [0.15, 0.2) is 30.5 Å². The summed E-state index contributed by atoms with van der Waals surface area (Å²) < 4.78 is 1.61. The van der Waals surface area contributed by atoms with E-state index in [4.69, 9.17) is 16.3 Å². The molecule has 0 bridgehead atoms. The van der Waals surface area contributed by atoms with Crippen LogP contribution < -0.4 is 11.1 Å². The van der Waals surface area contributed by atoms with Crippen molar-refractivity contribution in [3.05, 3.63) is 47.3 Å². The van der Waals surface area contributed by atoms with Gasteiger partial charge < -0.3 is 15.6 Å². The summed E-state index contributed by atoms with van der Waals surface area (Å²) in [4.78, 5) is 12.1. The van der Waals surface area contributed by atoms with E-state index in [1.54, 1.807) is 29.9 Å². The predicted octanol–water partition coefficient (Wildman–Crippen LogP) is 1.60. The van der Waals surface area contributed by atoms with Crippen LogP contribution in [0.2, 0.25) is 0 Å². The van der Waals surface area contributed by atoms with Crippen molar-refractivity contribution >= 4 is 17.3 Å². The molecule has 1 aromatic carbocycles. The summed E-state index contributed by atoms with van der Waals surface area (Å²) in [6, 6.07) is 9.92. The number of nitrogen functional groups attached to an aromatic ring is 1. The molecule has 0 unspecified atom stereocenters. The average Bonchev–Trinajstić information content (AvgIpc) is 2.77. The van der Waals surface area contributed by atoms with E-state index in [1.165, 1.54) is 12.1 Å². The molecule has 0 aliphatic heterocycles. The van der Waals surface area contributed by atoms with Crippen LogP contribution in [0.5, 0.6) is 0 Å². The molecule has 3 N–H and O–H groups in total. The number of nitrogens with one attached hydrogen (secondary N) is 1. The number of nitriles is 2. The number of amides is 1. The fourth-order valence-electron chi connectivity index (χ4n) is 1.82. The van der Waals surface area contributed by atoms with E-state index in [0.29, 0.717) is 17.1 Å². The number of benzene rings is 1. The number of nitrogens with two attached hydrogens (primary N) is 1. The number of aryl methyl sites for hydroxylation is 1. The van der Waals surface area contributed by atoms with Crippen LogP contribution in [0, 0.1) is 22.7 Å². The minimum atomic E-state index is -0.335. The first-order valence-electron chi connectivity index (χ1n) is 5.72. The monoisotopic (exact) mass is 265 g/mol. The maximum absolute atomic E-state index is 12.1. The first-order valence-corrected chi connectivity index (χ1v) is 5.72. The van der Waals surface area contributed by atoms with Gasteiger partial charge in [-0.05, 0) is 24.3 Å². The Morgan fingerprint density at radius 3 is 2.50 bits per heavy atom. The molecule has 2 rings (SSSR count). The fourth-order valence-corrected chi connectivity index (χ4v) is 1.82. The molecule has 0 spiro atoms. The van der Waals surface area contributed by atoms with Crippen molar-refractivity contribution in [2.75, 3.05) is 11.1 Å². The standard InChI is InChI=1S/C14H11N5O/c1-19-8-11(17)5-13(19)14(20)18-12-3-2-9(6-15)10(4-12)7-16/h2-5,8H,17H2,1H3,(H,18,20). The van der Waals surface area contributed by atoms with Gasteiger partial charge in [0, 0.05) is 18.9 Å². The quantitative estimate of drug-likeness (QED) is 0.859. The number of carbonyl (C=O) groups excluding carboxylic acids is 1. The molecule has 0 radical (unpaired) electrons. The zero-order valence-corrected chi connectivity index (χ0v) is 10.7. The second kappa shape index (κ2) is 5.17. The lowest BCUT2D eigenvalue weighted by molar-refractivity contribution is 0.101. The van der Waals surface area contributed by atoms with E-state index in [1.807, 2.05) is 12.1 Å².